The van der Waals surface area contributed by atoms with E-state index in [1.54, 1.807) is 0 Å². The normalized spacial score (nSPS) is 11.0. The summed E-state index contributed by atoms with van der Waals surface area (Å²) >= 11 is 0. The van der Waals surface area contributed by atoms with Gasteiger partial charge in [-0.1, -0.05) is 19.4 Å². The van der Waals surface area contributed by atoms with Crippen LogP contribution in [0.4, 0.5) is 5.82 Å². The number of nitrogens with one attached hydrogen (secondary N) is 1. The van der Waals surface area contributed by atoms with Gasteiger partial charge in [0.25, 0.3) is 0 Å². The van der Waals surface area contributed by atoms with Crippen molar-refractivity contribution in [3.8, 4) is 11.5 Å². The number of rotatable bonds is 5. The van der Waals surface area contributed by atoms with E-state index in [9.17, 15) is 0 Å². The molecule has 0 spiro atoms. The molecule has 0 amide bonds. The molecule has 0 saturated carbocycles. The highest BCUT2D eigenvalue weighted by atomic mass is 15.1. The first-order valence-corrected chi connectivity index (χ1v) is 7.36. The van der Waals surface area contributed by atoms with Crippen LogP contribution < -0.4 is 5.32 Å². The number of nitrogens with zero attached hydrogens (tertiary/aromatic N) is 4. The molecule has 21 heavy (non-hydrogen) atoms. The molecular formula is C16H19N5. The Kier molecular flexibility index (Phi) is 3.81. The van der Waals surface area contributed by atoms with E-state index in [0.29, 0.717) is 5.82 Å². The van der Waals surface area contributed by atoms with Crippen molar-refractivity contribution in [3.05, 3.63) is 42.4 Å². The zero-order chi connectivity index (χ0) is 14.7. The molecule has 0 aliphatic carbocycles. The Morgan fingerprint density at radius 2 is 2.05 bits per heavy atom. The standard InChI is InChI=1S/C16H19N5/c1-3-7-12-10-14(17-4-2)20-16(18-12)13-11-21-9-6-5-8-15(21)19-13/h5-6,8-11H,3-4,7H2,1-2H3,(H,17,18,20). The molecule has 0 bridgehead atoms. The second-order valence-electron chi connectivity index (χ2n) is 4.94. The Bertz CT molecular complexity index is 690. The van der Waals surface area contributed by atoms with Gasteiger partial charge < -0.3 is 9.72 Å². The first-order valence-electron chi connectivity index (χ1n) is 7.36. The fourth-order valence-corrected chi connectivity index (χ4v) is 2.31. The number of imidazole rings is 1. The van der Waals surface area contributed by atoms with Crippen LogP contribution in [0, 0.1) is 0 Å². The summed E-state index contributed by atoms with van der Waals surface area (Å²) in [5, 5.41) is 3.26. The van der Waals surface area contributed by atoms with Crippen LogP contribution in [-0.2, 0) is 6.42 Å². The average molecular weight is 281 g/mol. The molecule has 0 radical (unpaired) electrons. The molecule has 0 aromatic carbocycles. The van der Waals surface area contributed by atoms with E-state index in [2.05, 4.69) is 34.1 Å². The summed E-state index contributed by atoms with van der Waals surface area (Å²) in [6, 6.07) is 7.96. The molecule has 108 valence electrons. The van der Waals surface area contributed by atoms with Crippen molar-refractivity contribution in [1.82, 2.24) is 19.4 Å². The number of hydrogen-bond acceptors (Lipinski definition) is 4. The van der Waals surface area contributed by atoms with Gasteiger partial charge in [0.15, 0.2) is 5.82 Å². The van der Waals surface area contributed by atoms with Crippen molar-refractivity contribution < 1.29 is 0 Å². The Morgan fingerprint density at radius 1 is 1.14 bits per heavy atom. The Hall–Kier alpha value is -2.43. The number of aryl methyl sites for hydroxylation is 1. The van der Waals surface area contributed by atoms with Gasteiger partial charge in [-0.2, -0.15) is 0 Å². The van der Waals surface area contributed by atoms with Crippen LogP contribution in [0.15, 0.2) is 36.7 Å². The van der Waals surface area contributed by atoms with Gasteiger partial charge in [0, 0.05) is 30.7 Å². The van der Waals surface area contributed by atoms with Crippen LogP contribution in [-0.4, -0.2) is 25.9 Å². The second-order valence-corrected chi connectivity index (χ2v) is 4.94. The molecule has 3 aromatic heterocycles. The van der Waals surface area contributed by atoms with Gasteiger partial charge in [-0.05, 0) is 25.5 Å². The highest BCUT2D eigenvalue weighted by molar-refractivity contribution is 5.57. The summed E-state index contributed by atoms with van der Waals surface area (Å²) in [6.07, 6.45) is 5.96. The third-order valence-corrected chi connectivity index (χ3v) is 3.24. The highest BCUT2D eigenvalue weighted by Crippen LogP contribution is 2.18. The van der Waals surface area contributed by atoms with Crippen molar-refractivity contribution >= 4 is 11.5 Å². The van der Waals surface area contributed by atoms with Gasteiger partial charge in [-0.15, -0.1) is 0 Å². The number of fused-ring (bicyclic) bond motifs is 1. The molecule has 1 N–H and O–H groups in total. The van der Waals surface area contributed by atoms with E-state index >= 15 is 0 Å². The molecule has 3 heterocycles. The quantitative estimate of drug-likeness (QED) is 0.780. The van der Waals surface area contributed by atoms with E-state index in [0.717, 1.165) is 42.2 Å². The molecule has 0 aliphatic heterocycles. The zero-order valence-corrected chi connectivity index (χ0v) is 12.4. The minimum Gasteiger partial charge on any atom is -0.370 e. The van der Waals surface area contributed by atoms with Gasteiger partial charge in [-0.3, -0.25) is 0 Å². The molecule has 0 unspecified atom stereocenters. The minimum atomic E-state index is 0.681. The van der Waals surface area contributed by atoms with E-state index in [-0.39, 0.29) is 0 Å². The molecule has 0 fully saturated rings. The van der Waals surface area contributed by atoms with E-state index in [1.807, 2.05) is 41.1 Å². The maximum atomic E-state index is 4.64. The van der Waals surface area contributed by atoms with Crippen molar-refractivity contribution in [1.29, 1.82) is 0 Å². The van der Waals surface area contributed by atoms with Crippen LogP contribution >= 0.6 is 0 Å². The monoisotopic (exact) mass is 281 g/mol. The van der Waals surface area contributed by atoms with Crippen LogP contribution in [0.1, 0.15) is 26.0 Å². The zero-order valence-electron chi connectivity index (χ0n) is 12.4. The lowest BCUT2D eigenvalue weighted by Crippen LogP contribution is -2.04. The molecule has 0 atom stereocenters. The first kappa shape index (κ1) is 13.5. The van der Waals surface area contributed by atoms with Crippen LogP contribution in [0.5, 0.6) is 0 Å². The largest absolute Gasteiger partial charge is 0.370 e. The summed E-state index contributed by atoms with van der Waals surface area (Å²) in [7, 11) is 0. The van der Waals surface area contributed by atoms with Crippen LogP contribution in [0.2, 0.25) is 0 Å². The Balaban J connectivity index is 2.06. The number of pyridine rings is 1. The van der Waals surface area contributed by atoms with Crippen molar-refractivity contribution in [2.45, 2.75) is 26.7 Å². The van der Waals surface area contributed by atoms with Crippen LogP contribution in [0.25, 0.3) is 17.2 Å². The third kappa shape index (κ3) is 2.86. The lowest BCUT2D eigenvalue weighted by Gasteiger charge is -2.07. The van der Waals surface area contributed by atoms with Crippen molar-refractivity contribution in [2.24, 2.45) is 0 Å². The smallest absolute Gasteiger partial charge is 0.182 e. The highest BCUT2D eigenvalue weighted by Gasteiger charge is 2.10. The fourth-order valence-electron chi connectivity index (χ4n) is 2.31. The van der Waals surface area contributed by atoms with E-state index < -0.39 is 0 Å². The molecule has 0 saturated heterocycles. The number of hydrogen-bond donors (Lipinski definition) is 1. The maximum Gasteiger partial charge on any atom is 0.182 e. The van der Waals surface area contributed by atoms with E-state index in [1.165, 1.54) is 0 Å². The number of anilines is 1. The average Bonchev–Trinajstić information content (AvgIpc) is 2.92. The molecule has 3 aromatic rings. The van der Waals surface area contributed by atoms with Gasteiger partial charge in [0.1, 0.15) is 17.2 Å². The predicted octanol–water partition coefficient (Wildman–Crippen LogP) is 3.18. The summed E-state index contributed by atoms with van der Waals surface area (Å²) in [5.74, 6) is 1.55. The Morgan fingerprint density at radius 3 is 2.81 bits per heavy atom. The molecule has 3 rings (SSSR count). The lowest BCUT2D eigenvalue weighted by atomic mass is 10.2. The van der Waals surface area contributed by atoms with Crippen molar-refractivity contribution in [3.63, 3.8) is 0 Å². The molecular weight excluding hydrogens is 262 g/mol. The third-order valence-electron chi connectivity index (χ3n) is 3.24. The summed E-state index contributed by atoms with van der Waals surface area (Å²) < 4.78 is 1.98. The summed E-state index contributed by atoms with van der Waals surface area (Å²) in [4.78, 5) is 13.8. The maximum absolute atomic E-state index is 4.64. The van der Waals surface area contributed by atoms with Gasteiger partial charge in [0.2, 0.25) is 0 Å². The predicted molar refractivity (Wildman–Crippen MR) is 84.4 cm³/mol. The fraction of sp³-hybridized carbons (Fsp3) is 0.312. The molecule has 5 heteroatoms. The Labute approximate surface area is 124 Å². The molecule has 5 nitrogen and oxygen atoms in total. The van der Waals surface area contributed by atoms with Crippen molar-refractivity contribution in [2.75, 3.05) is 11.9 Å². The SMILES string of the molecule is CCCc1cc(NCC)nc(-c2cn3ccccc3n2)n1. The second kappa shape index (κ2) is 5.91. The van der Waals surface area contributed by atoms with Gasteiger partial charge in [-0.25, -0.2) is 15.0 Å². The number of aromatic nitrogens is 4. The first-order chi connectivity index (χ1) is 10.3. The lowest BCUT2D eigenvalue weighted by molar-refractivity contribution is 0.874. The topological polar surface area (TPSA) is 55.1 Å². The van der Waals surface area contributed by atoms with Crippen LogP contribution in [0.3, 0.4) is 0 Å². The minimum absolute atomic E-state index is 0.681. The summed E-state index contributed by atoms with van der Waals surface area (Å²) in [6.45, 7) is 5.05. The molecule has 0 aliphatic rings. The van der Waals surface area contributed by atoms with Gasteiger partial charge >= 0.3 is 0 Å². The van der Waals surface area contributed by atoms with E-state index in [4.69, 9.17) is 0 Å². The van der Waals surface area contributed by atoms with Gasteiger partial charge in [0.05, 0.1) is 0 Å². The summed E-state index contributed by atoms with van der Waals surface area (Å²) in [5.41, 5.74) is 2.76.